The Morgan fingerprint density at radius 3 is 2.35 bits per heavy atom. The van der Waals surface area contributed by atoms with Gasteiger partial charge in [-0.1, -0.05) is 13.3 Å². The number of aldehydes is 1. The van der Waals surface area contributed by atoms with Gasteiger partial charge in [-0.05, 0) is 25.5 Å². The molecule has 0 N–H and O–H groups in total. The maximum absolute atomic E-state index is 13.7. The van der Waals surface area contributed by atoms with Gasteiger partial charge < -0.3 is 9.47 Å². The summed E-state index contributed by atoms with van der Waals surface area (Å²) in [5, 5.41) is 0. The molecular formula is C14H16F2O4. The third kappa shape index (κ3) is 4.01. The first-order valence-electron chi connectivity index (χ1n) is 6.30. The molecule has 0 saturated heterocycles. The number of rotatable bonds is 7. The summed E-state index contributed by atoms with van der Waals surface area (Å²) >= 11 is 0. The molecular weight excluding hydrogens is 270 g/mol. The minimum Gasteiger partial charge on any atom is -0.473 e. The van der Waals surface area contributed by atoms with Crippen LogP contribution in [0.1, 0.15) is 37.0 Å². The predicted octanol–water partition coefficient (Wildman–Crippen LogP) is 2.89. The maximum atomic E-state index is 13.7. The van der Waals surface area contributed by atoms with E-state index in [-0.39, 0.29) is 18.6 Å². The van der Waals surface area contributed by atoms with Crippen LogP contribution in [0.4, 0.5) is 8.78 Å². The molecule has 0 heterocycles. The molecule has 0 aliphatic heterocycles. The first-order valence-corrected chi connectivity index (χ1v) is 6.30. The summed E-state index contributed by atoms with van der Waals surface area (Å²) in [4.78, 5) is 22.1. The number of carbonyl (C=O) groups is 2. The van der Waals surface area contributed by atoms with Crippen molar-refractivity contribution < 1.29 is 27.8 Å². The highest BCUT2D eigenvalue weighted by Crippen LogP contribution is 2.25. The molecule has 1 rings (SSSR count). The van der Waals surface area contributed by atoms with Crippen LogP contribution in [0.15, 0.2) is 12.1 Å². The molecule has 0 amide bonds. The van der Waals surface area contributed by atoms with E-state index in [1.54, 1.807) is 13.8 Å². The van der Waals surface area contributed by atoms with Crippen molar-refractivity contribution in [2.45, 2.75) is 32.8 Å². The van der Waals surface area contributed by atoms with Crippen LogP contribution in [-0.4, -0.2) is 25.0 Å². The molecule has 1 atom stereocenters. The molecule has 0 aliphatic rings. The van der Waals surface area contributed by atoms with E-state index in [2.05, 4.69) is 0 Å². The molecule has 4 nitrogen and oxygen atoms in total. The number of carbonyl (C=O) groups excluding carboxylic acids is 2. The highest BCUT2D eigenvalue weighted by Gasteiger charge is 2.24. The number of hydrogen-bond donors (Lipinski definition) is 0. The van der Waals surface area contributed by atoms with Gasteiger partial charge in [-0.3, -0.25) is 4.79 Å². The van der Waals surface area contributed by atoms with E-state index >= 15 is 0 Å². The Kier molecular flexibility index (Phi) is 6.09. The zero-order valence-electron chi connectivity index (χ0n) is 11.3. The van der Waals surface area contributed by atoms with Crippen molar-refractivity contribution in [1.82, 2.24) is 0 Å². The molecule has 0 aromatic heterocycles. The zero-order valence-corrected chi connectivity index (χ0v) is 11.3. The number of ether oxygens (including phenoxy) is 2. The summed E-state index contributed by atoms with van der Waals surface area (Å²) in [6.45, 7) is 3.58. The zero-order chi connectivity index (χ0) is 15.1. The second kappa shape index (κ2) is 7.57. The molecule has 1 unspecified atom stereocenters. The summed E-state index contributed by atoms with van der Waals surface area (Å²) in [5.74, 6) is -3.41. The van der Waals surface area contributed by atoms with Crippen LogP contribution in [0, 0.1) is 11.6 Å². The van der Waals surface area contributed by atoms with E-state index in [0.29, 0.717) is 12.7 Å². The number of halogens is 2. The largest absolute Gasteiger partial charge is 0.473 e. The summed E-state index contributed by atoms with van der Waals surface area (Å²) in [7, 11) is 0. The van der Waals surface area contributed by atoms with Crippen LogP contribution in [0.2, 0.25) is 0 Å². The Balaban J connectivity index is 2.99. The maximum Gasteiger partial charge on any atom is 0.347 e. The van der Waals surface area contributed by atoms with Gasteiger partial charge in [-0.15, -0.1) is 0 Å². The molecule has 0 radical (unpaired) electrons. The normalized spacial score (nSPS) is 11.8. The first kappa shape index (κ1) is 16.1. The van der Waals surface area contributed by atoms with Crippen molar-refractivity contribution in [3.63, 3.8) is 0 Å². The molecule has 1 aromatic carbocycles. The summed E-state index contributed by atoms with van der Waals surface area (Å²) in [6.07, 6.45) is 0.0999. The Hall–Kier alpha value is -1.98. The van der Waals surface area contributed by atoms with E-state index < -0.39 is 29.5 Å². The van der Waals surface area contributed by atoms with Gasteiger partial charge in [-0.2, -0.15) is 0 Å². The molecule has 6 heteroatoms. The predicted molar refractivity (Wildman–Crippen MR) is 67.7 cm³/mol. The highest BCUT2D eigenvalue weighted by atomic mass is 19.1. The third-order valence-corrected chi connectivity index (χ3v) is 2.52. The summed E-state index contributed by atoms with van der Waals surface area (Å²) < 4.78 is 37.2. The number of hydrogen-bond acceptors (Lipinski definition) is 4. The molecule has 0 bridgehead atoms. The van der Waals surface area contributed by atoms with Gasteiger partial charge in [0.25, 0.3) is 0 Å². The van der Waals surface area contributed by atoms with Crippen molar-refractivity contribution in [2.24, 2.45) is 0 Å². The van der Waals surface area contributed by atoms with Crippen molar-refractivity contribution in [2.75, 3.05) is 6.61 Å². The monoisotopic (exact) mass is 286 g/mol. The fourth-order valence-electron chi connectivity index (χ4n) is 1.62. The van der Waals surface area contributed by atoms with Crippen molar-refractivity contribution in [1.29, 1.82) is 0 Å². The Bertz CT molecular complexity index is 465. The number of benzene rings is 1. The molecule has 0 saturated carbocycles. The van der Waals surface area contributed by atoms with E-state index in [1.807, 2.05) is 0 Å². The van der Waals surface area contributed by atoms with Gasteiger partial charge in [-0.25, -0.2) is 13.6 Å². The van der Waals surface area contributed by atoms with E-state index in [1.165, 1.54) is 0 Å². The average molecular weight is 286 g/mol. The average Bonchev–Trinajstić information content (AvgIpc) is 2.41. The van der Waals surface area contributed by atoms with Crippen molar-refractivity contribution in [3.8, 4) is 5.75 Å². The molecule has 20 heavy (non-hydrogen) atoms. The van der Waals surface area contributed by atoms with Crippen molar-refractivity contribution >= 4 is 12.3 Å². The van der Waals surface area contributed by atoms with Gasteiger partial charge >= 0.3 is 5.97 Å². The third-order valence-electron chi connectivity index (χ3n) is 2.52. The lowest BCUT2D eigenvalue weighted by Crippen LogP contribution is -2.30. The molecule has 0 fully saturated rings. The highest BCUT2D eigenvalue weighted by molar-refractivity contribution is 5.76. The van der Waals surface area contributed by atoms with Crippen LogP contribution in [0.25, 0.3) is 0 Å². The van der Waals surface area contributed by atoms with Crippen molar-refractivity contribution in [3.05, 3.63) is 29.3 Å². The van der Waals surface area contributed by atoms with Crippen LogP contribution < -0.4 is 4.74 Å². The summed E-state index contributed by atoms with van der Waals surface area (Å²) in [5.41, 5.74) is -0.143. The molecule has 0 aliphatic carbocycles. The Morgan fingerprint density at radius 2 is 1.90 bits per heavy atom. The molecule has 0 spiro atoms. The minimum atomic E-state index is -1.08. The topological polar surface area (TPSA) is 52.6 Å². The summed E-state index contributed by atoms with van der Waals surface area (Å²) in [6, 6.07) is 1.69. The Morgan fingerprint density at radius 1 is 1.30 bits per heavy atom. The lowest BCUT2D eigenvalue weighted by Gasteiger charge is -2.18. The van der Waals surface area contributed by atoms with E-state index in [9.17, 15) is 18.4 Å². The number of esters is 1. The van der Waals surface area contributed by atoms with E-state index in [4.69, 9.17) is 9.47 Å². The lowest BCUT2D eigenvalue weighted by atomic mass is 10.2. The quantitative estimate of drug-likeness (QED) is 0.571. The van der Waals surface area contributed by atoms with Crippen LogP contribution in [0.3, 0.4) is 0 Å². The lowest BCUT2D eigenvalue weighted by molar-refractivity contribution is -0.151. The van der Waals surface area contributed by atoms with Gasteiger partial charge in [0.1, 0.15) is 6.29 Å². The fourth-order valence-corrected chi connectivity index (χ4v) is 1.62. The molecule has 110 valence electrons. The van der Waals surface area contributed by atoms with Gasteiger partial charge in [0.15, 0.2) is 23.5 Å². The van der Waals surface area contributed by atoms with Gasteiger partial charge in [0.05, 0.1) is 6.61 Å². The van der Waals surface area contributed by atoms with Crippen LogP contribution in [0.5, 0.6) is 5.75 Å². The Labute approximate surface area is 115 Å². The smallest absolute Gasteiger partial charge is 0.347 e. The SMILES string of the molecule is CCCC(Oc1c(F)cc(C=O)cc1F)C(=O)OCC. The van der Waals surface area contributed by atoms with E-state index in [0.717, 1.165) is 12.1 Å². The fraction of sp³-hybridized carbons (Fsp3) is 0.429. The standard InChI is InChI=1S/C14H16F2O4/c1-3-5-12(14(18)19-4-2)20-13-10(15)6-9(8-17)7-11(13)16/h6-8,12H,3-5H2,1-2H3. The second-order valence-corrected chi connectivity index (χ2v) is 4.08. The first-order chi connectivity index (χ1) is 9.53. The molecule has 1 aromatic rings. The minimum absolute atomic E-state index is 0.143. The van der Waals surface area contributed by atoms with Crippen LogP contribution in [-0.2, 0) is 9.53 Å². The van der Waals surface area contributed by atoms with Gasteiger partial charge in [0, 0.05) is 5.56 Å². The van der Waals surface area contributed by atoms with Crippen LogP contribution >= 0.6 is 0 Å². The van der Waals surface area contributed by atoms with Gasteiger partial charge in [0.2, 0.25) is 0 Å². The second-order valence-electron chi connectivity index (χ2n) is 4.08.